The van der Waals surface area contributed by atoms with Crippen molar-refractivity contribution in [2.75, 3.05) is 11.9 Å². The number of ketones is 1. The Labute approximate surface area is 169 Å². The summed E-state index contributed by atoms with van der Waals surface area (Å²) < 4.78 is 27.9. The Balaban J connectivity index is 1.82. The summed E-state index contributed by atoms with van der Waals surface area (Å²) in [5.74, 6) is -0.261. The first kappa shape index (κ1) is 20.8. The van der Waals surface area contributed by atoms with Gasteiger partial charge in [0.2, 0.25) is 10.0 Å². The van der Waals surface area contributed by atoms with Gasteiger partial charge in [0.15, 0.2) is 5.78 Å². The van der Waals surface area contributed by atoms with E-state index in [1.54, 1.807) is 36.5 Å². The lowest BCUT2D eigenvalue weighted by Crippen LogP contribution is -2.11. The Bertz CT molecular complexity index is 1090. The quantitative estimate of drug-likeness (QED) is 0.555. The van der Waals surface area contributed by atoms with Gasteiger partial charge in [-0.3, -0.25) is 4.79 Å². The van der Waals surface area contributed by atoms with E-state index in [4.69, 9.17) is 9.88 Å². The van der Waals surface area contributed by atoms with Crippen molar-refractivity contribution in [3.05, 3.63) is 65.4 Å². The molecule has 0 spiro atoms. The SMILES string of the molecule is CC(C)COC(=O)c1ccc2c(c1)C(=CNc1ccc(S(N)(=O)=O)cc1)C(=O)C2. The second-order valence-corrected chi connectivity index (χ2v) is 8.80. The standard InChI is InChI=1S/C21H22N2O5S/c1-13(2)12-28-21(25)15-4-3-14-10-20(24)19(18(14)9-15)11-23-16-5-7-17(8-6-16)29(22,26)27/h3-9,11,13,23H,10,12H2,1-2H3,(H2,22,26,27). The maximum absolute atomic E-state index is 12.4. The molecule has 0 saturated heterocycles. The molecule has 1 aliphatic carbocycles. The number of carbonyl (C=O) groups is 2. The van der Waals surface area contributed by atoms with Crippen LogP contribution in [0.4, 0.5) is 5.69 Å². The van der Waals surface area contributed by atoms with Crippen LogP contribution in [0.1, 0.15) is 35.3 Å². The molecule has 0 bridgehead atoms. The van der Waals surface area contributed by atoms with Crippen molar-refractivity contribution >= 4 is 33.0 Å². The van der Waals surface area contributed by atoms with Crippen LogP contribution >= 0.6 is 0 Å². The molecule has 0 aliphatic heterocycles. The van der Waals surface area contributed by atoms with E-state index in [1.165, 1.54) is 12.1 Å². The van der Waals surface area contributed by atoms with Gasteiger partial charge in [-0.05, 0) is 53.4 Å². The maximum Gasteiger partial charge on any atom is 0.338 e. The van der Waals surface area contributed by atoms with Crippen molar-refractivity contribution in [3.63, 3.8) is 0 Å². The fourth-order valence-corrected chi connectivity index (χ4v) is 3.42. The molecule has 2 aromatic rings. The van der Waals surface area contributed by atoms with E-state index < -0.39 is 16.0 Å². The summed E-state index contributed by atoms with van der Waals surface area (Å²) in [5.41, 5.74) is 2.96. The number of ether oxygens (including phenoxy) is 1. The highest BCUT2D eigenvalue weighted by atomic mass is 32.2. The molecule has 7 nitrogen and oxygen atoms in total. The molecule has 0 atom stereocenters. The van der Waals surface area contributed by atoms with Gasteiger partial charge in [-0.2, -0.15) is 0 Å². The zero-order chi connectivity index (χ0) is 21.2. The molecule has 0 heterocycles. The van der Waals surface area contributed by atoms with Crippen LogP contribution in [0.15, 0.2) is 53.6 Å². The Morgan fingerprint density at radius 2 is 1.90 bits per heavy atom. The third-order valence-electron chi connectivity index (χ3n) is 4.40. The number of nitrogens with one attached hydrogen (secondary N) is 1. The molecule has 3 N–H and O–H groups in total. The van der Waals surface area contributed by atoms with Gasteiger partial charge in [0.05, 0.1) is 17.1 Å². The summed E-state index contributed by atoms with van der Waals surface area (Å²) in [6, 6.07) is 11.0. The van der Waals surface area contributed by atoms with Crippen LogP contribution in [0, 0.1) is 5.92 Å². The van der Waals surface area contributed by atoms with Crippen molar-refractivity contribution in [3.8, 4) is 0 Å². The molecular weight excluding hydrogens is 392 g/mol. The van der Waals surface area contributed by atoms with E-state index in [0.717, 1.165) is 5.56 Å². The minimum Gasteiger partial charge on any atom is -0.462 e. The molecule has 2 aromatic carbocycles. The van der Waals surface area contributed by atoms with Gasteiger partial charge in [-0.1, -0.05) is 19.9 Å². The van der Waals surface area contributed by atoms with Gasteiger partial charge in [-0.15, -0.1) is 0 Å². The maximum atomic E-state index is 12.4. The number of benzene rings is 2. The highest BCUT2D eigenvalue weighted by Crippen LogP contribution is 2.31. The number of Topliss-reactive ketones (excluding diaryl/α,β-unsaturated/α-hetero) is 1. The third kappa shape index (κ3) is 4.90. The van der Waals surface area contributed by atoms with Crippen molar-refractivity contribution in [1.29, 1.82) is 0 Å². The van der Waals surface area contributed by atoms with Crippen LogP contribution in [0.25, 0.3) is 5.57 Å². The lowest BCUT2D eigenvalue weighted by atomic mass is 10.0. The zero-order valence-electron chi connectivity index (χ0n) is 16.1. The number of hydrogen-bond acceptors (Lipinski definition) is 6. The number of rotatable bonds is 6. The Kier molecular flexibility index (Phi) is 5.86. The predicted octanol–water partition coefficient (Wildman–Crippen LogP) is 2.73. The molecule has 0 saturated carbocycles. The molecule has 152 valence electrons. The summed E-state index contributed by atoms with van der Waals surface area (Å²) in [5, 5.41) is 8.08. The Morgan fingerprint density at radius 1 is 1.21 bits per heavy atom. The van der Waals surface area contributed by atoms with Crippen molar-refractivity contribution in [2.24, 2.45) is 11.1 Å². The van der Waals surface area contributed by atoms with Gasteiger partial charge in [-0.25, -0.2) is 18.4 Å². The number of nitrogens with two attached hydrogens (primary N) is 1. The van der Waals surface area contributed by atoms with Crippen LogP contribution < -0.4 is 10.5 Å². The average molecular weight is 414 g/mol. The topological polar surface area (TPSA) is 116 Å². The number of sulfonamides is 1. The van der Waals surface area contributed by atoms with Crippen LogP contribution in [-0.4, -0.2) is 26.8 Å². The smallest absolute Gasteiger partial charge is 0.338 e. The monoisotopic (exact) mass is 414 g/mol. The summed E-state index contributed by atoms with van der Waals surface area (Å²) in [4.78, 5) is 24.6. The summed E-state index contributed by atoms with van der Waals surface area (Å²) in [6.45, 7) is 4.24. The molecule has 29 heavy (non-hydrogen) atoms. The van der Waals surface area contributed by atoms with E-state index in [0.29, 0.717) is 29.0 Å². The lowest BCUT2D eigenvalue weighted by Gasteiger charge is -2.09. The summed E-state index contributed by atoms with van der Waals surface area (Å²) in [7, 11) is -3.76. The predicted molar refractivity (Wildman–Crippen MR) is 110 cm³/mol. The van der Waals surface area contributed by atoms with Gasteiger partial charge in [0.1, 0.15) is 0 Å². The number of anilines is 1. The average Bonchev–Trinajstić information content (AvgIpc) is 2.98. The molecule has 0 radical (unpaired) electrons. The minimum atomic E-state index is -3.76. The van der Waals surface area contributed by atoms with Crippen LogP contribution in [0.3, 0.4) is 0 Å². The molecule has 0 unspecified atom stereocenters. The van der Waals surface area contributed by atoms with Gasteiger partial charge < -0.3 is 10.1 Å². The first-order valence-electron chi connectivity index (χ1n) is 9.08. The van der Waals surface area contributed by atoms with Gasteiger partial charge in [0.25, 0.3) is 0 Å². The number of esters is 1. The molecule has 0 fully saturated rings. The zero-order valence-corrected chi connectivity index (χ0v) is 17.0. The van der Waals surface area contributed by atoms with Crippen LogP contribution in [0.5, 0.6) is 0 Å². The number of carbonyl (C=O) groups excluding carboxylic acids is 2. The fraction of sp³-hybridized carbons (Fsp3) is 0.238. The normalized spacial score (nSPS) is 14.9. The molecule has 3 rings (SSSR count). The lowest BCUT2D eigenvalue weighted by molar-refractivity contribution is -0.112. The van der Waals surface area contributed by atoms with Crippen molar-refractivity contribution in [2.45, 2.75) is 25.2 Å². The number of allylic oxidation sites excluding steroid dienone is 1. The summed E-state index contributed by atoms with van der Waals surface area (Å²) in [6.07, 6.45) is 1.82. The van der Waals surface area contributed by atoms with E-state index in [1.807, 2.05) is 13.8 Å². The Morgan fingerprint density at radius 3 is 2.52 bits per heavy atom. The van der Waals surface area contributed by atoms with E-state index >= 15 is 0 Å². The third-order valence-corrected chi connectivity index (χ3v) is 5.33. The first-order valence-corrected chi connectivity index (χ1v) is 10.6. The second kappa shape index (κ2) is 8.18. The van der Waals surface area contributed by atoms with Crippen LogP contribution in [0.2, 0.25) is 0 Å². The van der Waals surface area contributed by atoms with E-state index in [2.05, 4.69) is 5.32 Å². The fourth-order valence-electron chi connectivity index (χ4n) is 2.91. The van der Waals surface area contributed by atoms with Gasteiger partial charge in [0, 0.05) is 23.9 Å². The van der Waals surface area contributed by atoms with Crippen molar-refractivity contribution in [1.82, 2.24) is 0 Å². The van der Waals surface area contributed by atoms with E-state index in [9.17, 15) is 18.0 Å². The molecule has 8 heteroatoms. The summed E-state index contributed by atoms with van der Waals surface area (Å²) >= 11 is 0. The van der Waals surface area contributed by atoms with Crippen molar-refractivity contribution < 1.29 is 22.7 Å². The second-order valence-electron chi connectivity index (χ2n) is 7.24. The highest BCUT2D eigenvalue weighted by Gasteiger charge is 2.26. The molecular formula is C21H22N2O5S. The Hall–Kier alpha value is -2.97. The molecule has 0 aromatic heterocycles. The number of primary sulfonamides is 1. The first-order chi connectivity index (χ1) is 13.6. The van der Waals surface area contributed by atoms with E-state index in [-0.39, 0.29) is 23.0 Å². The highest BCUT2D eigenvalue weighted by molar-refractivity contribution is 7.89. The number of hydrogen-bond donors (Lipinski definition) is 2. The van der Waals surface area contributed by atoms with Crippen LogP contribution in [-0.2, 0) is 26.0 Å². The largest absolute Gasteiger partial charge is 0.462 e. The number of fused-ring (bicyclic) bond motifs is 1. The minimum absolute atomic E-state index is 0.00235. The van der Waals surface area contributed by atoms with Gasteiger partial charge >= 0.3 is 5.97 Å². The molecule has 0 amide bonds. The molecule has 1 aliphatic rings.